The highest BCUT2D eigenvalue weighted by Gasteiger charge is 2.22. The quantitative estimate of drug-likeness (QED) is 0.796. The molecule has 0 spiro atoms. The van der Waals surface area contributed by atoms with E-state index in [0.717, 1.165) is 30.9 Å². The molecule has 0 saturated carbocycles. The molecule has 6 nitrogen and oxygen atoms in total. The highest BCUT2D eigenvalue weighted by atomic mass is 16.5. The van der Waals surface area contributed by atoms with Crippen molar-refractivity contribution in [3.63, 3.8) is 0 Å². The Balaban J connectivity index is 1.78. The highest BCUT2D eigenvalue weighted by Crippen LogP contribution is 2.16. The number of nitrogens with one attached hydrogen (secondary N) is 1. The second-order valence-corrected chi connectivity index (χ2v) is 6.08. The second-order valence-electron chi connectivity index (χ2n) is 6.08. The maximum atomic E-state index is 12.2. The molecule has 128 valence electrons. The van der Waals surface area contributed by atoms with Crippen molar-refractivity contribution in [2.45, 2.75) is 12.6 Å². The minimum atomic E-state index is 0.0291. The number of ether oxygens (including phenoxy) is 2. The Morgan fingerprint density at radius 2 is 2.22 bits per heavy atom. The van der Waals surface area contributed by atoms with Crippen molar-refractivity contribution < 1.29 is 14.3 Å². The van der Waals surface area contributed by atoms with Gasteiger partial charge in [-0.25, -0.2) is 0 Å². The lowest BCUT2D eigenvalue weighted by Crippen LogP contribution is -2.49. The number of amides is 1. The van der Waals surface area contributed by atoms with Crippen molar-refractivity contribution in [1.29, 1.82) is 0 Å². The van der Waals surface area contributed by atoms with Gasteiger partial charge in [0.25, 0.3) is 0 Å². The Kier molecular flexibility index (Phi) is 6.83. The molecule has 0 aliphatic carbocycles. The Hall–Kier alpha value is -1.63. The van der Waals surface area contributed by atoms with E-state index in [9.17, 15) is 4.79 Å². The number of morpholine rings is 1. The molecule has 1 N–H and O–H groups in total. The van der Waals surface area contributed by atoms with Crippen LogP contribution in [0.3, 0.4) is 0 Å². The van der Waals surface area contributed by atoms with Crippen LogP contribution >= 0.6 is 0 Å². The van der Waals surface area contributed by atoms with Crippen LogP contribution in [0.2, 0.25) is 0 Å². The Morgan fingerprint density at radius 1 is 1.43 bits per heavy atom. The van der Waals surface area contributed by atoms with E-state index in [1.165, 1.54) is 0 Å². The molecule has 0 bridgehead atoms. The fraction of sp³-hybridized carbons (Fsp3) is 0.588. The SMILES string of the molecule is COc1ccccc1CNC(=O)CN1CCOC(CN(C)C)C1. The number of benzene rings is 1. The van der Waals surface area contributed by atoms with Gasteiger partial charge in [0.1, 0.15) is 5.75 Å². The maximum absolute atomic E-state index is 12.2. The van der Waals surface area contributed by atoms with Crippen LogP contribution < -0.4 is 10.1 Å². The van der Waals surface area contributed by atoms with Gasteiger partial charge in [-0.3, -0.25) is 9.69 Å². The third-order valence-electron chi connectivity index (χ3n) is 3.83. The Bertz CT molecular complexity index is 508. The molecular weight excluding hydrogens is 294 g/mol. The number of likely N-dealkylation sites (N-methyl/N-ethyl adjacent to an activating group) is 1. The van der Waals surface area contributed by atoms with Gasteiger partial charge in [-0.1, -0.05) is 18.2 Å². The van der Waals surface area contributed by atoms with Gasteiger partial charge < -0.3 is 19.7 Å². The molecule has 1 aliphatic rings. The Morgan fingerprint density at radius 3 is 2.96 bits per heavy atom. The smallest absolute Gasteiger partial charge is 0.234 e. The molecule has 6 heteroatoms. The van der Waals surface area contributed by atoms with Crippen LogP contribution in [0.1, 0.15) is 5.56 Å². The van der Waals surface area contributed by atoms with E-state index in [0.29, 0.717) is 19.7 Å². The number of hydrogen-bond acceptors (Lipinski definition) is 5. The zero-order chi connectivity index (χ0) is 16.7. The van der Waals surface area contributed by atoms with E-state index < -0.39 is 0 Å². The van der Waals surface area contributed by atoms with Crippen LogP contribution in [-0.4, -0.2) is 75.8 Å². The lowest BCUT2D eigenvalue weighted by atomic mass is 10.2. The summed E-state index contributed by atoms with van der Waals surface area (Å²) >= 11 is 0. The zero-order valence-corrected chi connectivity index (χ0v) is 14.2. The number of hydrogen-bond donors (Lipinski definition) is 1. The molecule has 1 saturated heterocycles. The van der Waals surface area contributed by atoms with Crippen molar-refractivity contribution in [3.05, 3.63) is 29.8 Å². The first-order chi connectivity index (χ1) is 11.1. The van der Waals surface area contributed by atoms with Gasteiger partial charge in [-0.2, -0.15) is 0 Å². The first kappa shape index (κ1) is 17.7. The molecular formula is C17H27N3O3. The van der Waals surface area contributed by atoms with Crippen LogP contribution in [0.5, 0.6) is 5.75 Å². The largest absolute Gasteiger partial charge is 0.496 e. The maximum Gasteiger partial charge on any atom is 0.234 e. The van der Waals surface area contributed by atoms with Crippen LogP contribution in [0.4, 0.5) is 0 Å². The standard InChI is InChI=1S/C17H27N3O3/c1-19(2)11-15-12-20(8-9-23-15)13-17(21)18-10-14-6-4-5-7-16(14)22-3/h4-7,15H,8-13H2,1-3H3,(H,18,21). The molecule has 0 radical (unpaired) electrons. The molecule has 23 heavy (non-hydrogen) atoms. The molecule has 1 amide bonds. The van der Waals surface area contributed by atoms with E-state index in [4.69, 9.17) is 9.47 Å². The van der Waals surface area contributed by atoms with Gasteiger partial charge in [0.15, 0.2) is 0 Å². The summed E-state index contributed by atoms with van der Waals surface area (Å²) in [6, 6.07) is 7.72. The van der Waals surface area contributed by atoms with E-state index >= 15 is 0 Å². The third kappa shape index (κ3) is 5.82. The normalized spacial score (nSPS) is 18.9. The predicted octanol–water partition coefficient (Wildman–Crippen LogP) is 0.574. The van der Waals surface area contributed by atoms with Gasteiger partial charge >= 0.3 is 0 Å². The number of para-hydroxylation sites is 1. The predicted molar refractivity (Wildman–Crippen MR) is 89.6 cm³/mol. The summed E-state index contributed by atoms with van der Waals surface area (Å²) in [7, 11) is 5.70. The molecule has 1 heterocycles. The van der Waals surface area contributed by atoms with E-state index in [2.05, 4.69) is 15.1 Å². The number of carbonyl (C=O) groups is 1. The Labute approximate surface area is 138 Å². The fourth-order valence-corrected chi connectivity index (χ4v) is 2.74. The van der Waals surface area contributed by atoms with Gasteiger partial charge in [0, 0.05) is 31.7 Å². The molecule has 0 aromatic heterocycles. The summed E-state index contributed by atoms with van der Waals surface area (Å²) in [6.07, 6.45) is 0.167. The van der Waals surface area contributed by atoms with Crippen LogP contribution in [0.15, 0.2) is 24.3 Å². The molecule has 1 aliphatic heterocycles. The van der Waals surface area contributed by atoms with Gasteiger partial charge in [-0.15, -0.1) is 0 Å². The van der Waals surface area contributed by atoms with Crippen molar-refractivity contribution in [1.82, 2.24) is 15.1 Å². The molecule has 1 unspecified atom stereocenters. The molecule has 2 rings (SSSR count). The fourth-order valence-electron chi connectivity index (χ4n) is 2.74. The first-order valence-electron chi connectivity index (χ1n) is 7.95. The summed E-state index contributed by atoms with van der Waals surface area (Å²) in [6.45, 7) is 4.03. The molecule has 1 aromatic rings. The lowest BCUT2D eigenvalue weighted by molar-refractivity contribution is -0.124. The highest BCUT2D eigenvalue weighted by molar-refractivity contribution is 5.78. The molecule has 1 fully saturated rings. The zero-order valence-electron chi connectivity index (χ0n) is 14.2. The average molecular weight is 321 g/mol. The van der Waals surface area contributed by atoms with Gasteiger partial charge in [-0.05, 0) is 20.2 Å². The van der Waals surface area contributed by atoms with E-state index in [-0.39, 0.29) is 12.0 Å². The summed E-state index contributed by atoms with van der Waals surface area (Å²) in [5, 5.41) is 2.96. The topological polar surface area (TPSA) is 54.0 Å². The average Bonchev–Trinajstić information content (AvgIpc) is 2.53. The van der Waals surface area contributed by atoms with Gasteiger partial charge in [0.2, 0.25) is 5.91 Å². The molecule has 1 atom stereocenters. The second kappa shape index (κ2) is 8.86. The van der Waals surface area contributed by atoms with Crippen LogP contribution in [0, 0.1) is 0 Å². The van der Waals surface area contributed by atoms with Gasteiger partial charge in [0.05, 0.1) is 26.4 Å². The summed E-state index contributed by atoms with van der Waals surface area (Å²) < 4.78 is 11.0. The lowest BCUT2D eigenvalue weighted by Gasteiger charge is -2.33. The summed E-state index contributed by atoms with van der Waals surface area (Å²) in [5.41, 5.74) is 0.982. The number of rotatable bonds is 7. The number of methoxy groups -OCH3 is 1. The molecule has 1 aromatic carbocycles. The number of carbonyl (C=O) groups excluding carboxylic acids is 1. The summed E-state index contributed by atoms with van der Waals surface area (Å²) in [4.78, 5) is 16.4. The van der Waals surface area contributed by atoms with Crippen molar-refractivity contribution in [2.75, 3.05) is 54.0 Å². The monoisotopic (exact) mass is 321 g/mol. The van der Waals surface area contributed by atoms with E-state index in [1.807, 2.05) is 38.4 Å². The van der Waals surface area contributed by atoms with E-state index in [1.54, 1.807) is 7.11 Å². The van der Waals surface area contributed by atoms with Crippen molar-refractivity contribution in [3.8, 4) is 5.75 Å². The minimum Gasteiger partial charge on any atom is -0.496 e. The van der Waals surface area contributed by atoms with Crippen molar-refractivity contribution in [2.24, 2.45) is 0 Å². The third-order valence-corrected chi connectivity index (χ3v) is 3.83. The van der Waals surface area contributed by atoms with Crippen molar-refractivity contribution >= 4 is 5.91 Å². The van der Waals surface area contributed by atoms with Crippen LogP contribution in [-0.2, 0) is 16.1 Å². The minimum absolute atomic E-state index is 0.0291. The summed E-state index contributed by atoms with van der Waals surface area (Å²) in [5.74, 6) is 0.826. The van der Waals surface area contributed by atoms with Crippen LogP contribution in [0.25, 0.3) is 0 Å². The number of nitrogens with zero attached hydrogens (tertiary/aromatic N) is 2. The first-order valence-corrected chi connectivity index (χ1v) is 7.95.